The highest BCUT2D eigenvalue weighted by atomic mass is 16.2. The minimum absolute atomic E-state index is 0.0183. The van der Waals surface area contributed by atoms with Crippen molar-refractivity contribution in [2.45, 2.75) is 39.2 Å². The first-order chi connectivity index (χ1) is 9.04. The Morgan fingerprint density at radius 3 is 2.63 bits per heavy atom. The van der Waals surface area contributed by atoms with Crippen molar-refractivity contribution in [2.75, 3.05) is 11.4 Å². The number of carbonyl (C=O) groups excluding carboxylic acids is 2. The summed E-state index contributed by atoms with van der Waals surface area (Å²) >= 11 is 0. The van der Waals surface area contributed by atoms with Crippen LogP contribution in [0, 0.1) is 0 Å². The molecule has 102 valence electrons. The summed E-state index contributed by atoms with van der Waals surface area (Å²) in [6.45, 7) is 6.19. The highest BCUT2D eigenvalue weighted by Crippen LogP contribution is 2.28. The standard InChI is InChI=1S/C15H20N2O2/c1-4-12-15(19)17(9-14(18)16-12)13-8-6-5-7-11(13)10(2)3/h5-8,10,12H,4,9H2,1-3H3,(H,16,18). The number of amides is 2. The van der Waals surface area contributed by atoms with Crippen LogP contribution in [-0.4, -0.2) is 24.4 Å². The average molecular weight is 260 g/mol. The third kappa shape index (κ3) is 2.62. The van der Waals surface area contributed by atoms with Crippen LogP contribution < -0.4 is 10.2 Å². The summed E-state index contributed by atoms with van der Waals surface area (Å²) < 4.78 is 0. The second-order valence-electron chi connectivity index (χ2n) is 5.17. The largest absolute Gasteiger partial charge is 0.343 e. The van der Waals surface area contributed by atoms with Gasteiger partial charge >= 0.3 is 0 Å². The fraction of sp³-hybridized carbons (Fsp3) is 0.467. The van der Waals surface area contributed by atoms with Gasteiger partial charge in [0.15, 0.2) is 0 Å². The number of anilines is 1. The predicted octanol–water partition coefficient (Wildman–Crippen LogP) is 2.05. The number of nitrogens with zero attached hydrogens (tertiary/aromatic N) is 1. The number of piperazine rings is 1. The van der Waals surface area contributed by atoms with E-state index >= 15 is 0 Å². The average Bonchev–Trinajstić information content (AvgIpc) is 2.41. The van der Waals surface area contributed by atoms with Gasteiger partial charge in [0.05, 0.1) is 0 Å². The molecule has 0 spiro atoms. The second kappa shape index (κ2) is 5.43. The van der Waals surface area contributed by atoms with Gasteiger partial charge in [0, 0.05) is 5.69 Å². The quantitative estimate of drug-likeness (QED) is 0.904. The second-order valence-corrected chi connectivity index (χ2v) is 5.17. The summed E-state index contributed by atoms with van der Waals surface area (Å²) in [6, 6.07) is 7.40. The number of hydrogen-bond acceptors (Lipinski definition) is 2. The van der Waals surface area contributed by atoms with Crippen molar-refractivity contribution in [1.29, 1.82) is 0 Å². The van der Waals surface area contributed by atoms with E-state index in [-0.39, 0.29) is 18.4 Å². The molecule has 19 heavy (non-hydrogen) atoms. The van der Waals surface area contributed by atoms with Gasteiger partial charge in [-0.15, -0.1) is 0 Å². The first-order valence-electron chi connectivity index (χ1n) is 6.74. The molecule has 1 aliphatic rings. The zero-order chi connectivity index (χ0) is 14.0. The van der Waals surface area contributed by atoms with Crippen molar-refractivity contribution < 1.29 is 9.59 Å². The molecule has 0 aromatic heterocycles. The maximum absolute atomic E-state index is 12.4. The molecule has 1 unspecified atom stereocenters. The number of para-hydroxylation sites is 1. The van der Waals surface area contributed by atoms with E-state index in [1.54, 1.807) is 4.90 Å². The third-order valence-electron chi connectivity index (χ3n) is 3.46. The van der Waals surface area contributed by atoms with Gasteiger partial charge in [0.25, 0.3) is 0 Å². The summed E-state index contributed by atoms with van der Waals surface area (Å²) in [5, 5.41) is 2.73. The fourth-order valence-corrected chi connectivity index (χ4v) is 2.41. The Morgan fingerprint density at radius 1 is 1.32 bits per heavy atom. The summed E-state index contributed by atoms with van der Waals surface area (Å²) in [6.07, 6.45) is 0.616. The van der Waals surface area contributed by atoms with E-state index in [2.05, 4.69) is 19.2 Å². The SMILES string of the molecule is CCC1NC(=O)CN(c2ccccc2C(C)C)C1=O. The highest BCUT2D eigenvalue weighted by Gasteiger charge is 2.33. The monoisotopic (exact) mass is 260 g/mol. The van der Waals surface area contributed by atoms with Gasteiger partial charge in [0.1, 0.15) is 12.6 Å². The Morgan fingerprint density at radius 2 is 2.00 bits per heavy atom. The van der Waals surface area contributed by atoms with Crippen molar-refractivity contribution in [3.05, 3.63) is 29.8 Å². The van der Waals surface area contributed by atoms with Crippen molar-refractivity contribution in [3.63, 3.8) is 0 Å². The first-order valence-corrected chi connectivity index (χ1v) is 6.74. The van der Waals surface area contributed by atoms with E-state index in [1.165, 1.54) is 0 Å². The van der Waals surface area contributed by atoms with E-state index in [9.17, 15) is 9.59 Å². The van der Waals surface area contributed by atoms with Crippen LogP contribution in [-0.2, 0) is 9.59 Å². The van der Waals surface area contributed by atoms with E-state index in [0.29, 0.717) is 12.3 Å². The highest BCUT2D eigenvalue weighted by molar-refractivity contribution is 6.06. The normalized spacial score (nSPS) is 19.8. The Hall–Kier alpha value is -1.84. The smallest absolute Gasteiger partial charge is 0.250 e. The summed E-state index contributed by atoms with van der Waals surface area (Å²) in [5.74, 6) is 0.203. The molecule has 1 N–H and O–H groups in total. The third-order valence-corrected chi connectivity index (χ3v) is 3.46. The van der Waals surface area contributed by atoms with Gasteiger partial charge in [-0.3, -0.25) is 9.59 Å². The number of carbonyl (C=O) groups is 2. The van der Waals surface area contributed by atoms with Crippen LogP contribution in [0.3, 0.4) is 0 Å². The van der Waals surface area contributed by atoms with Crippen LogP contribution in [0.15, 0.2) is 24.3 Å². The lowest BCUT2D eigenvalue weighted by Crippen LogP contribution is -2.58. The van der Waals surface area contributed by atoms with Gasteiger partial charge in [0.2, 0.25) is 11.8 Å². The van der Waals surface area contributed by atoms with Crippen LogP contribution in [0.25, 0.3) is 0 Å². The number of rotatable bonds is 3. The number of hydrogen-bond donors (Lipinski definition) is 1. The minimum Gasteiger partial charge on any atom is -0.343 e. The molecule has 1 aliphatic heterocycles. The zero-order valence-electron chi connectivity index (χ0n) is 11.6. The lowest BCUT2D eigenvalue weighted by atomic mass is 9.99. The molecular formula is C15H20N2O2. The molecule has 1 aromatic carbocycles. The summed E-state index contributed by atoms with van der Waals surface area (Å²) in [7, 11) is 0. The van der Waals surface area contributed by atoms with Crippen molar-refractivity contribution in [1.82, 2.24) is 5.32 Å². The molecule has 2 rings (SSSR count). The van der Waals surface area contributed by atoms with Crippen LogP contribution in [0.1, 0.15) is 38.7 Å². The summed E-state index contributed by atoms with van der Waals surface area (Å²) in [5.41, 5.74) is 1.95. The molecule has 0 aliphatic carbocycles. The molecule has 0 radical (unpaired) electrons. The zero-order valence-corrected chi connectivity index (χ0v) is 11.6. The Balaban J connectivity index is 2.40. The van der Waals surface area contributed by atoms with Gasteiger partial charge in [-0.25, -0.2) is 0 Å². The predicted molar refractivity (Wildman–Crippen MR) is 75.1 cm³/mol. The van der Waals surface area contributed by atoms with E-state index in [0.717, 1.165) is 11.3 Å². The van der Waals surface area contributed by atoms with E-state index < -0.39 is 6.04 Å². The fourth-order valence-electron chi connectivity index (χ4n) is 2.41. The van der Waals surface area contributed by atoms with Crippen LogP contribution >= 0.6 is 0 Å². The molecule has 1 atom stereocenters. The van der Waals surface area contributed by atoms with E-state index in [4.69, 9.17) is 0 Å². The van der Waals surface area contributed by atoms with Gasteiger partial charge in [-0.1, -0.05) is 39.0 Å². The van der Waals surface area contributed by atoms with Crippen LogP contribution in [0.4, 0.5) is 5.69 Å². The van der Waals surface area contributed by atoms with Crippen LogP contribution in [0.5, 0.6) is 0 Å². The van der Waals surface area contributed by atoms with Crippen molar-refractivity contribution >= 4 is 17.5 Å². The van der Waals surface area contributed by atoms with Gasteiger partial charge in [-0.2, -0.15) is 0 Å². The topological polar surface area (TPSA) is 49.4 Å². The molecule has 0 bridgehead atoms. The maximum Gasteiger partial charge on any atom is 0.250 e. The molecular weight excluding hydrogens is 240 g/mol. The van der Waals surface area contributed by atoms with E-state index in [1.807, 2.05) is 31.2 Å². The summed E-state index contributed by atoms with van der Waals surface area (Å²) in [4.78, 5) is 25.7. The Kier molecular flexibility index (Phi) is 3.88. The van der Waals surface area contributed by atoms with Crippen molar-refractivity contribution in [2.24, 2.45) is 0 Å². The number of benzene rings is 1. The van der Waals surface area contributed by atoms with Crippen molar-refractivity contribution in [3.8, 4) is 0 Å². The molecule has 1 fully saturated rings. The first kappa shape index (κ1) is 13.6. The lowest BCUT2D eigenvalue weighted by Gasteiger charge is -2.33. The molecule has 4 nitrogen and oxygen atoms in total. The molecule has 0 saturated carbocycles. The molecule has 1 heterocycles. The van der Waals surface area contributed by atoms with Gasteiger partial charge in [-0.05, 0) is 24.0 Å². The lowest BCUT2D eigenvalue weighted by molar-refractivity contribution is -0.131. The molecule has 1 aromatic rings. The Labute approximate surface area is 113 Å². The molecule has 2 amide bonds. The maximum atomic E-state index is 12.4. The minimum atomic E-state index is -0.401. The molecule has 1 saturated heterocycles. The van der Waals surface area contributed by atoms with Crippen LogP contribution in [0.2, 0.25) is 0 Å². The van der Waals surface area contributed by atoms with Gasteiger partial charge < -0.3 is 10.2 Å². The molecule has 4 heteroatoms. The number of nitrogens with one attached hydrogen (secondary N) is 1. The Bertz CT molecular complexity index is 497.